The molecule has 0 unspecified atom stereocenters. The predicted molar refractivity (Wildman–Crippen MR) is 119 cm³/mol. The van der Waals surface area contributed by atoms with Crippen molar-refractivity contribution >= 4 is 45.1 Å². The van der Waals surface area contributed by atoms with Gasteiger partial charge in [0, 0.05) is 41.2 Å². The molecule has 2 amide bonds. The summed E-state index contributed by atoms with van der Waals surface area (Å²) in [6.07, 6.45) is 0.214. The van der Waals surface area contributed by atoms with Gasteiger partial charge in [-0.05, 0) is 49.2 Å². The highest BCUT2D eigenvalue weighted by Crippen LogP contribution is 2.32. The molecule has 0 radical (unpaired) electrons. The first-order chi connectivity index (χ1) is 14.5. The number of amides is 2. The van der Waals surface area contributed by atoms with Gasteiger partial charge in [0.2, 0.25) is 11.8 Å². The first-order valence-corrected chi connectivity index (χ1v) is 10.1. The zero-order valence-electron chi connectivity index (χ0n) is 16.9. The Balaban J connectivity index is 1.36. The van der Waals surface area contributed by atoms with Crippen molar-refractivity contribution in [3.05, 3.63) is 71.8 Å². The van der Waals surface area contributed by atoms with Crippen molar-refractivity contribution in [1.82, 2.24) is 0 Å². The van der Waals surface area contributed by atoms with Gasteiger partial charge in [-0.25, -0.2) is 0 Å². The van der Waals surface area contributed by atoms with Crippen LogP contribution >= 0.6 is 0 Å². The van der Waals surface area contributed by atoms with E-state index in [1.54, 1.807) is 4.90 Å². The molecule has 30 heavy (non-hydrogen) atoms. The number of furan rings is 1. The van der Waals surface area contributed by atoms with E-state index in [1.807, 2.05) is 74.5 Å². The molecule has 1 aromatic heterocycles. The molecule has 5 heteroatoms. The van der Waals surface area contributed by atoms with Crippen molar-refractivity contribution in [1.29, 1.82) is 0 Å². The maximum Gasteiger partial charge on any atom is 0.229 e. The Morgan fingerprint density at radius 2 is 1.80 bits per heavy atom. The molecule has 0 spiro atoms. The van der Waals surface area contributed by atoms with Crippen LogP contribution in [0.3, 0.4) is 0 Å². The summed E-state index contributed by atoms with van der Waals surface area (Å²) in [6, 6.07) is 19.4. The molecule has 2 heterocycles. The van der Waals surface area contributed by atoms with Crippen LogP contribution in [0.2, 0.25) is 0 Å². The largest absolute Gasteiger partial charge is 0.456 e. The first kappa shape index (κ1) is 18.4. The first-order valence-electron chi connectivity index (χ1n) is 10.1. The minimum atomic E-state index is -0.385. The molecular formula is C25H22N2O3. The van der Waals surface area contributed by atoms with Crippen molar-refractivity contribution < 1.29 is 14.0 Å². The lowest BCUT2D eigenvalue weighted by Crippen LogP contribution is -2.28. The molecule has 1 N–H and O–H groups in total. The Morgan fingerprint density at radius 3 is 2.67 bits per heavy atom. The lowest BCUT2D eigenvalue weighted by Gasteiger charge is -2.20. The van der Waals surface area contributed by atoms with Crippen molar-refractivity contribution in [2.24, 2.45) is 5.92 Å². The molecule has 1 atom stereocenters. The van der Waals surface area contributed by atoms with Crippen molar-refractivity contribution in [3.63, 3.8) is 0 Å². The third-order valence-corrected chi connectivity index (χ3v) is 6.01. The van der Waals surface area contributed by atoms with Crippen LogP contribution in [0.1, 0.15) is 17.5 Å². The number of nitrogens with zero attached hydrogens (tertiary/aromatic N) is 1. The Morgan fingerprint density at radius 1 is 1.00 bits per heavy atom. The fourth-order valence-corrected chi connectivity index (χ4v) is 4.19. The highest BCUT2D eigenvalue weighted by molar-refractivity contribution is 6.07. The van der Waals surface area contributed by atoms with E-state index in [0.29, 0.717) is 12.2 Å². The number of carbonyl (C=O) groups is 2. The summed E-state index contributed by atoms with van der Waals surface area (Å²) in [5.74, 6) is -0.549. The number of fused-ring (bicyclic) bond motifs is 3. The summed E-state index contributed by atoms with van der Waals surface area (Å²) in [5, 5.41) is 5.03. The van der Waals surface area contributed by atoms with Gasteiger partial charge in [-0.1, -0.05) is 30.3 Å². The van der Waals surface area contributed by atoms with E-state index in [2.05, 4.69) is 5.32 Å². The third kappa shape index (κ3) is 3.03. The highest BCUT2D eigenvalue weighted by atomic mass is 16.3. The van der Waals surface area contributed by atoms with Crippen LogP contribution in [0, 0.1) is 19.8 Å². The third-order valence-electron chi connectivity index (χ3n) is 6.01. The maximum atomic E-state index is 12.9. The summed E-state index contributed by atoms with van der Waals surface area (Å²) in [5.41, 5.74) is 5.31. The molecular weight excluding hydrogens is 376 g/mol. The van der Waals surface area contributed by atoms with E-state index < -0.39 is 0 Å². The van der Waals surface area contributed by atoms with Crippen LogP contribution in [-0.4, -0.2) is 18.4 Å². The van der Waals surface area contributed by atoms with Gasteiger partial charge < -0.3 is 14.6 Å². The number of para-hydroxylation sites is 1. The van der Waals surface area contributed by atoms with E-state index in [9.17, 15) is 9.59 Å². The molecule has 3 aromatic carbocycles. The molecule has 0 aliphatic carbocycles. The number of nitrogens with one attached hydrogen (secondary N) is 1. The Kier molecular flexibility index (Phi) is 4.31. The fraction of sp³-hybridized carbons (Fsp3) is 0.200. The zero-order chi connectivity index (χ0) is 20.8. The lowest BCUT2D eigenvalue weighted by atomic mass is 10.1. The molecule has 5 nitrogen and oxygen atoms in total. The Labute approximate surface area is 174 Å². The van der Waals surface area contributed by atoms with Crippen LogP contribution in [0.15, 0.2) is 65.1 Å². The Bertz CT molecular complexity index is 1300. The standard InChI is InChI=1S/C25H22N2O3/c1-15-6-5-8-21(16(15)2)27-14-17(12-24(27)28)25(29)26-18-10-11-20-19-7-3-4-9-22(19)30-23(20)13-18/h3-11,13,17H,12,14H2,1-2H3,(H,26,29)/t17-/m1/s1. The topological polar surface area (TPSA) is 62.6 Å². The van der Waals surface area contributed by atoms with Gasteiger partial charge in [0.15, 0.2) is 0 Å². The maximum absolute atomic E-state index is 12.9. The van der Waals surface area contributed by atoms with E-state index in [-0.39, 0.29) is 24.2 Å². The minimum absolute atomic E-state index is 0.0170. The van der Waals surface area contributed by atoms with Crippen molar-refractivity contribution in [3.8, 4) is 0 Å². The fourth-order valence-electron chi connectivity index (χ4n) is 4.19. The summed E-state index contributed by atoms with van der Waals surface area (Å²) in [6.45, 7) is 4.42. The molecule has 1 aliphatic rings. The number of anilines is 2. The van der Waals surface area contributed by atoms with Gasteiger partial charge >= 0.3 is 0 Å². The normalized spacial score (nSPS) is 16.5. The quantitative estimate of drug-likeness (QED) is 0.516. The van der Waals surface area contributed by atoms with E-state index in [1.165, 1.54) is 0 Å². The zero-order valence-corrected chi connectivity index (χ0v) is 16.9. The van der Waals surface area contributed by atoms with Crippen LogP contribution in [0.25, 0.3) is 21.9 Å². The molecule has 0 bridgehead atoms. The number of benzene rings is 3. The summed E-state index contributed by atoms with van der Waals surface area (Å²) in [4.78, 5) is 27.2. The number of carbonyl (C=O) groups excluding carboxylic acids is 2. The molecule has 5 rings (SSSR count). The molecule has 0 saturated carbocycles. The monoisotopic (exact) mass is 398 g/mol. The van der Waals surface area contributed by atoms with Gasteiger partial charge in [-0.2, -0.15) is 0 Å². The second-order valence-electron chi connectivity index (χ2n) is 7.92. The van der Waals surface area contributed by atoms with Gasteiger partial charge in [0.05, 0.1) is 5.92 Å². The van der Waals surface area contributed by atoms with Gasteiger partial charge in [-0.15, -0.1) is 0 Å². The van der Waals surface area contributed by atoms with Gasteiger partial charge in [-0.3, -0.25) is 9.59 Å². The van der Waals surface area contributed by atoms with Crippen molar-refractivity contribution in [2.75, 3.05) is 16.8 Å². The van der Waals surface area contributed by atoms with Gasteiger partial charge in [0.1, 0.15) is 11.2 Å². The van der Waals surface area contributed by atoms with E-state index >= 15 is 0 Å². The Hall–Kier alpha value is -3.60. The van der Waals surface area contributed by atoms with Crippen LogP contribution in [0.4, 0.5) is 11.4 Å². The SMILES string of the molecule is Cc1cccc(N2C[C@H](C(=O)Nc3ccc4c(c3)oc3ccccc34)CC2=O)c1C. The number of hydrogen-bond acceptors (Lipinski definition) is 3. The summed E-state index contributed by atoms with van der Waals surface area (Å²) < 4.78 is 5.90. The highest BCUT2D eigenvalue weighted by Gasteiger charge is 2.35. The van der Waals surface area contributed by atoms with Crippen molar-refractivity contribution in [2.45, 2.75) is 20.3 Å². The number of hydrogen-bond donors (Lipinski definition) is 1. The predicted octanol–water partition coefficient (Wildman–Crippen LogP) is 5.19. The summed E-state index contributed by atoms with van der Waals surface area (Å²) in [7, 11) is 0. The second-order valence-corrected chi connectivity index (χ2v) is 7.92. The smallest absolute Gasteiger partial charge is 0.229 e. The molecule has 1 aliphatic heterocycles. The molecule has 1 saturated heterocycles. The van der Waals surface area contributed by atoms with Crippen LogP contribution in [-0.2, 0) is 9.59 Å². The molecule has 150 valence electrons. The molecule has 4 aromatic rings. The second kappa shape index (κ2) is 7.02. The number of rotatable bonds is 3. The average Bonchev–Trinajstić information content (AvgIpc) is 3.30. The minimum Gasteiger partial charge on any atom is -0.456 e. The lowest BCUT2D eigenvalue weighted by molar-refractivity contribution is -0.122. The summed E-state index contributed by atoms with van der Waals surface area (Å²) >= 11 is 0. The van der Waals surface area contributed by atoms with Gasteiger partial charge in [0.25, 0.3) is 0 Å². The number of aryl methyl sites for hydroxylation is 1. The van der Waals surface area contributed by atoms with E-state index in [4.69, 9.17) is 4.42 Å². The molecule has 1 fully saturated rings. The van der Waals surface area contributed by atoms with Crippen LogP contribution in [0.5, 0.6) is 0 Å². The van der Waals surface area contributed by atoms with E-state index in [0.717, 1.165) is 38.8 Å². The van der Waals surface area contributed by atoms with Crippen LogP contribution < -0.4 is 10.2 Å². The average molecular weight is 398 g/mol.